The second kappa shape index (κ2) is 10.2. The molecule has 0 aliphatic carbocycles. The number of carbonyl (C=O) groups excluding carboxylic acids is 1. The number of rotatable bonds is 7. The molecule has 0 amide bonds. The van der Waals surface area contributed by atoms with Gasteiger partial charge in [-0.2, -0.15) is 13.2 Å². The van der Waals surface area contributed by atoms with Crippen LogP contribution in [0.4, 0.5) is 13.2 Å². The predicted octanol–water partition coefficient (Wildman–Crippen LogP) is 7.01. The molecule has 0 aliphatic rings. The number of ether oxygens (including phenoxy) is 1. The topological polar surface area (TPSA) is 56.5 Å². The number of carbonyl (C=O) groups is 1. The third-order valence-corrected chi connectivity index (χ3v) is 7.03. The van der Waals surface area contributed by atoms with Gasteiger partial charge in [-0.25, -0.2) is 0 Å². The lowest BCUT2D eigenvalue weighted by Crippen LogP contribution is -2.34. The van der Waals surface area contributed by atoms with E-state index in [2.05, 4.69) is 10.2 Å². The molecule has 0 N–H and O–H groups in total. The molecule has 0 saturated heterocycles. The number of hydrogen-bond acceptors (Lipinski definition) is 4. The molecular weight excluding hydrogens is 503 g/mol. The van der Waals surface area contributed by atoms with E-state index in [4.69, 9.17) is 16.3 Å². The molecule has 2 heterocycles. The van der Waals surface area contributed by atoms with E-state index in [0.29, 0.717) is 11.1 Å². The zero-order valence-corrected chi connectivity index (χ0v) is 21.7. The quantitative estimate of drug-likeness (QED) is 0.191. The summed E-state index contributed by atoms with van der Waals surface area (Å²) < 4.78 is 47.0. The molecule has 194 valence electrons. The maximum absolute atomic E-state index is 13.5. The molecule has 4 rings (SSSR count). The number of fused-ring (bicyclic) bond motifs is 1. The second-order valence-electron chi connectivity index (χ2n) is 9.65. The Labute approximate surface area is 218 Å². The molecule has 0 radical (unpaired) electrons. The SMILES string of the molecule is Cc1ccc([C@H](c2ccn3c(C(F)(F)F)nnc3c2C)C(C)(C)C(=O)OCc2ccccc2)cc1CCl. The second-order valence-corrected chi connectivity index (χ2v) is 9.91. The zero-order valence-electron chi connectivity index (χ0n) is 20.9. The van der Waals surface area contributed by atoms with E-state index >= 15 is 0 Å². The maximum atomic E-state index is 13.5. The summed E-state index contributed by atoms with van der Waals surface area (Å²) in [5.41, 5.74) is 3.68. The number of halogens is 4. The van der Waals surface area contributed by atoms with Crippen LogP contribution >= 0.6 is 11.6 Å². The van der Waals surface area contributed by atoms with Crippen molar-refractivity contribution in [2.24, 2.45) is 5.41 Å². The van der Waals surface area contributed by atoms with Gasteiger partial charge in [0.15, 0.2) is 5.65 Å². The van der Waals surface area contributed by atoms with Crippen LogP contribution in [0.3, 0.4) is 0 Å². The first-order chi connectivity index (χ1) is 17.4. The first-order valence-electron chi connectivity index (χ1n) is 11.7. The van der Waals surface area contributed by atoms with Crippen LogP contribution in [-0.4, -0.2) is 20.6 Å². The number of aromatic nitrogens is 3. The molecule has 1 atom stereocenters. The fraction of sp³-hybridized carbons (Fsp3) is 0.321. The number of aryl methyl sites for hydroxylation is 2. The first-order valence-corrected chi connectivity index (χ1v) is 12.3. The Hall–Kier alpha value is -3.39. The Bertz CT molecular complexity index is 1430. The molecule has 9 heteroatoms. The van der Waals surface area contributed by atoms with Crippen molar-refractivity contribution in [3.63, 3.8) is 0 Å². The molecule has 4 aromatic rings. The molecule has 0 aliphatic heterocycles. The first kappa shape index (κ1) is 26.7. The summed E-state index contributed by atoms with van der Waals surface area (Å²) in [6.45, 7) is 7.30. The molecule has 0 unspecified atom stereocenters. The Morgan fingerprint density at radius 3 is 2.41 bits per heavy atom. The number of pyridine rings is 1. The molecule has 0 bridgehead atoms. The predicted molar refractivity (Wildman–Crippen MR) is 135 cm³/mol. The summed E-state index contributed by atoms with van der Waals surface area (Å²) in [6, 6.07) is 16.7. The summed E-state index contributed by atoms with van der Waals surface area (Å²) in [5.74, 6) is -1.82. The van der Waals surface area contributed by atoms with Crippen LogP contribution in [0.15, 0.2) is 60.8 Å². The van der Waals surface area contributed by atoms with Gasteiger partial charge >= 0.3 is 12.1 Å². The van der Waals surface area contributed by atoms with Gasteiger partial charge in [-0.1, -0.05) is 48.5 Å². The summed E-state index contributed by atoms with van der Waals surface area (Å²) in [6.07, 6.45) is -3.35. The van der Waals surface area contributed by atoms with Crippen molar-refractivity contribution in [1.82, 2.24) is 14.6 Å². The van der Waals surface area contributed by atoms with Gasteiger partial charge in [-0.3, -0.25) is 9.20 Å². The fourth-order valence-electron chi connectivity index (χ4n) is 4.63. The van der Waals surface area contributed by atoms with E-state index < -0.39 is 29.3 Å². The van der Waals surface area contributed by atoms with E-state index in [9.17, 15) is 18.0 Å². The van der Waals surface area contributed by atoms with Crippen LogP contribution < -0.4 is 0 Å². The maximum Gasteiger partial charge on any atom is 0.452 e. The molecule has 2 aromatic carbocycles. The lowest BCUT2D eigenvalue weighted by Gasteiger charge is -2.34. The summed E-state index contributed by atoms with van der Waals surface area (Å²) >= 11 is 6.18. The van der Waals surface area contributed by atoms with Crippen molar-refractivity contribution in [1.29, 1.82) is 0 Å². The molecule has 0 saturated carbocycles. The van der Waals surface area contributed by atoms with Crippen molar-refractivity contribution >= 4 is 23.2 Å². The lowest BCUT2D eigenvalue weighted by molar-refractivity contribution is -0.156. The van der Waals surface area contributed by atoms with Crippen molar-refractivity contribution in [3.8, 4) is 0 Å². The lowest BCUT2D eigenvalue weighted by atomic mass is 9.70. The zero-order chi connectivity index (χ0) is 27.0. The van der Waals surface area contributed by atoms with Gasteiger partial charge < -0.3 is 4.74 Å². The minimum atomic E-state index is -4.65. The summed E-state index contributed by atoms with van der Waals surface area (Å²) in [5, 5.41) is 7.21. The smallest absolute Gasteiger partial charge is 0.452 e. The van der Waals surface area contributed by atoms with Gasteiger partial charge in [-0.15, -0.1) is 21.8 Å². The summed E-state index contributed by atoms with van der Waals surface area (Å²) in [4.78, 5) is 13.5. The van der Waals surface area contributed by atoms with Crippen molar-refractivity contribution in [2.75, 3.05) is 0 Å². The van der Waals surface area contributed by atoms with Gasteiger partial charge in [0.05, 0.1) is 5.41 Å². The molecule has 0 fully saturated rings. The van der Waals surface area contributed by atoms with Crippen LogP contribution in [0.1, 0.15) is 59.0 Å². The van der Waals surface area contributed by atoms with Crippen LogP contribution in [0.5, 0.6) is 0 Å². The molecule has 37 heavy (non-hydrogen) atoms. The van der Waals surface area contributed by atoms with Gasteiger partial charge in [-0.05, 0) is 67.1 Å². The summed E-state index contributed by atoms with van der Waals surface area (Å²) in [7, 11) is 0. The highest BCUT2D eigenvalue weighted by atomic mass is 35.5. The Morgan fingerprint density at radius 2 is 1.76 bits per heavy atom. The molecule has 2 aromatic heterocycles. The number of esters is 1. The third kappa shape index (κ3) is 5.21. The van der Waals surface area contributed by atoms with E-state index in [1.165, 1.54) is 6.20 Å². The highest BCUT2D eigenvalue weighted by Crippen LogP contribution is 2.44. The van der Waals surface area contributed by atoms with Crippen LogP contribution in [-0.2, 0) is 28.2 Å². The number of hydrogen-bond donors (Lipinski definition) is 0. The largest absolute Gasteiger partial charge is 0.460 e. The minimum absolute atomic E-state index is 0.0768. The van der Waals surface area contributed by atoms with Gasteiger partial charge in [0.25, 0.3) is 0 Å². The van der Waals surface area contributed by atoms with Gasteiger partial charge in [0.2, 0.25) is 5.82 Å². The highest BCUT2D eigenvalue weighted by Gasteiger charge is 2.42. The minimum Gasteiger partial charge on any atom is -0.460 e. The number of benzene rings is 2. The highest BCUT2D eigenvalue weighted by molar-refractivity contribution is 6.17. The number of alkyl halides is 4. The molecule has 5 nitrogen and oxygen atoms in total. The van der Waals surface area contributed by atoms with E-state index in [0.717, 1.165) is 26.7 Å². The average Bonchev–Trinajstić information content (AvgIpc) is 3.31. The molecule has 0 spiro atoms. The molecular formula is C28H27ClF3N3O2. The van der Waals surface area contributed by atoms with Crippen molar-refractivity contribution in [2.45, 2.75) is 52.3 Å². The Morgan fingerprint density at radius 1 is 1.05 bits per heavy atom. The van der Waals surface area contributed by atoms with Gasteiger partial charge in [0, 0.05) is 18.0 Å². The van der Waals surface area contributed by atoms with E-state index in [1.54, 1.807) is 26.8 Å². The monoisotopic (exact) mass is 529 g/mol. The third-order valence-electron chi connectivity index (χ3n) is 6.74. The Balaban J connectivity index is 1.83. The van der Waals surface area contributed by atoms with E-state index in [1.807, 2.05) is 55.5 Å². The van der Waals surface area contributed by atoms with Crippen LogP contribution in [0.25, 0.3) is 5.65 Å². The van der Waals surface area contributed by atoms with Crippen molar-refractivity contribution < 1.29 is 22.7 Å². The fourth-order valence-corrected chi connectivity index (χ4v) is 4.92. The Kier molecular flexibility index (Phi) is 7.33. The number of nitrogens with zero attached hydrogens (tertiary/aromatic N) is 3. The van der Waals surface area contributed by atoms with Crippen molar-refractivity contribution in [3.05, 3.63) is 100.0 Å². The van der Waals surface area contributed by atoms with E-state index in [-0.39, 0.29) is 18.1 Å². The standard InChI is InChI=1S/C28H27ClF3N3O2/c1-17-10-11-20(14-21(17)15-29)23(27(3,4)26(36)37-16-19-8-6-5-7-9-19)22-12-13-35-24(18(22)2)33-34-25(35)28(30,31)32/h5-14,23H,15-16H2,1-4H3/t23-/m1/s1. The average molecular weight is 530 g/mol. The van der Waals surface area contributed by atoms with Crippen LogP contribution in [0, 0.1) is 19.3 Å². The van der Waals surface area contributed by atoms with Gasteiger partial charge in [0.1, 0.15) is 6.61 Å². The van der Waals surface area contributed by atoms with Crippen LogP contribution in [0.2, 0.25) is 0 Å². The normalized spacial score (nSPS) is 13.1.